The van der Waals surface area contributed by atoms with Crippen LogP contribution < -0.4 is 15.4 Å². The van der Waals surface area contributed by atoms with Gasteiger partial charge in [-0.3, -0.25) is 10.6 Å². The molecule has 0 radical (unpaired) electrons. The van der Waals surface area contributed by atoms with Crippen molar-refractivity contribution in [2.75, 3.05) is 30.8 Å². The Labute approximate surface area is 215 Å². The maximum Gasteiger partial charge on any atom is 0.223 e. The normalized spacial score (nSPS) is 18.4. The molecule has 2 atom stereocenters. The molecule has 0 aliphatic carbocycles. The molecule has 1 fully saturated rings. The van der Waals surface area contributed by atoms with Crippen LogP contribution in [-0.4, -0.2) is 55.7 Å². The van der Waals surface area contributed by atoms with Crippen LogP contribution in [0.3, 0.4) is 0 Å². The van der Waals surface area contributed by atoms with Crippen LogP contribution in [0.25, 0.3) is 16.6 Å². The van der Waals surface area contributed by atoms with Gasteiger partial charge < -0.3 is 15.4 Å². The molecule has 0 spiro atoms. The molecule has 1 saturated heterocycles. The Morgan fingerprint density at radius 3 is 2.69 bits per heavy atom. The van der Waals surface area contributed by atoms with Gasteiger partial charge in [0.1, 0.15) is 23.3 Å². The van der Waals surface area contributed by atoms with Gasteiger partial charge in [-0.05, 0) is 19.4 Å². The van der Waals surface area contributed by atoms with Crippen molar-refractivity contribution >= 4 is 28.2 Å². The number of aryl methyl sites for hydroxylation is 1. The Morgan fingerprint density at radius 1 is 1.20 bits per heavy atom. The minimum absolute atomic E-state index is 0. The third kappa shape index (κ3) is 4.70. The van der Waals surface area contributed by atoms with Gasteiger partial charge in [0.05, 0.1) is 23.9 Å². The first-order valence-electron chi connectivity index (χ1n) is 11.1. The van der Waals surface area contributed by atoms with Crippen LogP contribution >= 0.6 is 0 Å². The Morgan fingerprint density at radius 2 is 1.97 bits per heavy atom. The Balaban J connectivity index is 0.00000289. The molecule has 0 bridgehead atoms. The quantitative estimate of drug-likeness (QED) is 0.292. The van der Waals surface area contributed by atoms with E-state index in [1.807, 2.05) is 36.5 Å². The summed E-state index contributed by atoms with van der Waals surface area (Å²) in [5.74, 6) is 1.26. The molecule has 9 nitrogen and oxygen atoms in total. The van der Waals surface area contributed by atoms with E-state index >= 15 is 0 Å². The molecule has 1 aromatic carbocycles. The van der Waals surface area contributed by atoms with Crippen LogP contribution in [0, 0.1) is 18.7 Å². The number of alkyl halides is 1. The van der Waals surface area contributed by atoms with E-state index in [0.29, 0.717) is 35.5 Å². The largest absolute Gasteiger partial charge is 0.494 e. The number of halogens is 2. The van der Waals surface area contributed by atoms with Crippen molar-refractivity contribution in [3.05, 3.63) is 41.6 Å². The smallest absolute Gasteiger partial charge is 0.223 e. The van der Waals surface area contributed by atoms with Gasteiger partial charge in [0.2, 0.25) is 5.95 Å². The summed E-state index contributed by atoms with van der Waals surface area (Å²) in [6, 6.07) is 2.57. The Kier molecular flexibility index (Phi) is 6.99. The predicted octanol–water partition coefficient (Wildman–Crippen LogP) is 3.46. The fourth-order valence-corrected chi connectivity index (χ4v) is 4.66. The van der Waals surface area contributed by atoms with Gasteiger partial charge in [-0.25, -0.2) is 18.7 Å². The summed E-state index contributed by atoms with van der Waals surface area (Å²) in [4.78, 5) is 11.0. The van der Waals surface area contributed by atoms with E-state index in [9.17, 15) is 8.78 Å². The maximum atomic E-state index is 14.9. The number of hydrogen-bond donors (Lipinski definition) is 1. The Bertz CT molecular complexity index is 1370. The second-order valence-corrected chi connectivity index (χ2v) is 9.12. The van der Waals surface area contributed by atoms with Crippen molar-refractivity contribution in [2.45, 2.75) is 45.8 Å². The monoisotopic (exact) mass is 567 g/mol. The number of anilines is 2. The molecule has 3 aromatic heterocycles. The molecule has 5 rings (SSSR count). The number of methoxy groups -OCH3 is 1. The zero-order chi connectivity index (χ0) is 24.1. The van der Waals surface area contributed by atoms with Gasteiger partial charge >= 0.3 is 0 Å². The van der Waals surface area contributed by atoms with Gasteiger partial charge in [0.15, 0.2) is 11.5 Å². The number of fused-ring (bicyclic) bond motifs is 3. The van der Waals surface area contributed by atoms with E-state index in [1.54, 1.807) is 0 Å². The number of hydrogen-bond acceptors (Lipinski definition) is 7. The number of rotatable bonds is 5. The summed E-state index contributed by atoms with van der Waals surface area (Å²) >= 11 is 0. The van der Waals surface area contributed by atoms with Crippen molar-refractivity contribution in [3.8, 4) is 5.75 Å². The summed E-state index contributed by atoms with van der Waals surface area (Å²) in [7, 11) is 1.44. The first kappa shape index (κ1) is 25.3. The molecule has 1 aliphatic heterocycles. The molecule has 0 unspecified atom stereocenters. The molecule has 1 aliphatic rings. The molecule has 35 heavy (non-hydrogen) atoms. The number of nitrogens with two attached hydrogens (primary N) is 1. The molecule has 2 N–H and O–H groups in total. The van der Waals surface area contributed by atoms with Crippen molar-refractivity contribution in [1.29, 1.82) is 0 Å². The van der Waals surface area contributed by atoms with Crippen LogP contribution in [-0.2, 0) is 27.6 Å². The van der Waals surface area contributed by atoms with Crippen molar-refractivity contribution in [1.82, 2.24) is 29.4 Å². The topological polar surface area (TPSA) is 99.4 Å². The van der Waals surface area contributed by atoms with Crippen LogP contribution in [0.2, 0.25) is 0 Å². The summed E-state index contributed by atoms with van der Waals surface area (Å²) in [5.41, 5.74) is 8.64. The second kappa shape index (κ2) is 9.68. The number of nitrogens with zero attached hydrogens (tertiary/aromatic N) is 7. The van der Waals surface area contributed by atoms with E-state index in [1.165, 1.54) is 29.7 Å². The van der Waals surface area contributed by atoms with Crippen LogP contribution in [0.15, 0.2) is 18.3 Å². The number of piperidine rings is 1. The summed E-state index contributed by atoms with van der Waals surface area (Å²) in [5, 5.41) is 9.54. The van der Waals surface area contributed by atoms with Gasteiger partial charge in [-0.2, -0.15) is 23.5 Å². The summed E-state index contributed by atoms with van der Waals surface area (Å²) in [6.07, 6.45) is 1.18. The van der Waals surface area contributed by atoms with E-state index in [4.69, 9.17) is 10.5 Å². The molecular weight excluding hydrogens is 538 g/mol. The summed E-state index contributed by atoms with van der Waals surface area (Å²) < 4.78 is 37.7. The first-order valence-corrected chi connectivity index (χ1v) is 11.1. The van der Waals surface area contributed by atoms with Crippen LogP contribution in [0.1, 0.15) is 37.7 Å². The van der Waals surface area contributed by atoms with Crippen molar-refractivity contribution < 1.29 is 34.6 Å². The molecule has 0 saturated carbocycles. The second-order valence-electron chi connectivity index (χ2n) is 9.12. The minimum Gasteiger partial charge on any atom is -0.494 e. The molecule has 12 heteroatoms. The van der Waals surface area contributed by atoms with Crippen LogP contribution in [0.4, 0.5) is 20.4 Å². The molecule has 4 aromatic rings. The SMILES string of the molecule is COc1cc(F)cc2c1nc(N)n1nc([C@@H]3C[C@H](F)CN(c4cn(C[C-](C)C)nc4C)C3)nc21.[Mo]. The molecular formula is C23H27F2MoN8O-. The predicted molar refractivity (Wildman–Crippen MR) is 125 cm³/mol. The van der Waals surface area contributed by atoms with Gasteiger partial charge in [0.25, 0.3) is 0 Å². The third-order valence-corrected chi connectivity index (χ3v) is 6.07. The molecule has 186 valence electrons. The average Bonchev–Trinajstić information content (AvgIpc) is 3.37. The van der Waals surface area contributed by atoms with Gasteiger partial charge in [-0.1, -0.05) is 6.54 Å². The van der Waals surface area contributed by atoms with E-state index < -0.39 is 12.0 Å². The van der Waals surface area contributed by atoms with E-state index in [2.05, 4.69) is 20.2 Å². The van der Waals surface area contributed by atoms with Crippen molar-refractivity contribution in [3.63, 3.8) is 0 Å². The maximum absolute atomic E-state index is 14.9. The van der Waals surface area contributed by atoms with Crippen LogP contribution in [0.5, 0.6) is 5.75 Å². The number of nitrogen functional groups attached to an aromatic ring is 1. The number of ether oxygens (including phenoxy) is 1. The Hall–Kier alpha value is -2.81. The summed E-state index contributed by atoms with van der Waals surface area (Å²) in [6.45, 7) is 7.54. The molecule has 4 heterocycles. The molecule has 0 amide bonds. The third-order valence-electron chi connectivity index (χ3n) is 6.07. The van der Waals surface area contributed by atoms with Gasteiger partial charge in [-0.15, -0.1) is 5.10 Å². The average molecular weight is 565 g/mol. The minimum atomic E-state index is -1.06. The van der Waals surface area contributed by atoms with E-state index in [0.717, 1.165) is 11.4 Å². The van der Waals surface area contributed by atoms with E-state index in [-0.39, 0.29) is 51.6 Å². The standard InChI is InChI=1S/C23H27F2N8O.Mo/c1-12(2)8-32-11-18(13(3)29-32)31-9-14(5-16(25)10-31)21-28-22-17-6-15(24)7-19(34-4)20(17)27-23(26)33(22)30-21;/h6-7,11,14,16H,5,8-10H2,1-4H3,(H2,26,27);/q-1;/t14-,16+;/m1./s1. The van der Waals surface area contributed by atoms with Gasteiger partial charge in [0, 0.05) is 52.3 Å². The fourth-order valence-electron chi connectivity index (χ4n) is 4.66. The first-order chi connectivity index (χ1) is 16.2. The zero-order valence-corrected chi connectivity index (χ0v) is 22.0. The fraction of sp³-hybridized carbons (Fsp3) is 0.435. The number of benzene rings is 1. The number of aromatic nitrogens is 6. The van der Waals surface area contributed by atoms with Crippen molar-refractivity contribution in [2.24, 2.45) is 0 Å². The zero-order valence-electron chi connectivity index (χ0n) is 20.0.